The molecule has 1 aromatic rings. The van der Waals surface area contributed by atoms with Crippen LogP contribution in [0.1, 0.15) is 43.0 Å². The first kappa shape index (κ1) is 20.4. The number of nitrogens with zero attached hydrogens (tertiary/aromatic N) is 2. The smallest absolute Gasteiger partial charge is 0.254 e. The van der Waals surface area contributed by atoms with Crippen LogP contribution in [0.5, 0.6) is 5.75 Å². The molecule has 0 aromatic heterocycles. The molecule has 1 fully saturated rings. The molecular weight excluding hydrogens is 356 g/mol. The summed E-state index contributed by atoms with van der Waals surface area (Å²) in [6, 6.07) is 7.63. The van der Waals surface area contributed by atoms with Crippen molar-refractivity contribution in [3.63, 3.8) is 0 Å². The predicted octanol–water partition coefficient (Wildman–Crippen LogP) is 2.88. The van der Waals surface area contributed by atoms with Crippen LogP contribution in [0.2, 0.25) is 0 Å². The van der Waals surface area contributed by atoms with Crippen molar-refractivity contribution in [2.75, 3.05) is 33.4 Å². The first-order chi connectivity index (χ1) is 13.6. The molecule has 2 aliphatic heterocycles. The van der Waals surface area contributed by atoms with Crippen molar-refractivity contribution in [2.45, 2.75) is 44.8 Å². The minimum atomic E-state index is 0.0293. The Kier molecular flexibility index (Phi) is 7.09. The summed E-state index contributed by atoms with van der Waals surface area (Å²) in [5.41, 5.74) is 0.692. The third-order valence-electron chi connectivity index (χ3n) is 5.37. The lowest BCUT2D eigenvalue weighted by Gasteiger charge is -2.32. The van der Waals surface area contributed by atoms with Crippen molar-refractivity contribution in [2.24, 2.45) is 0 Å². The average Bonchev–Trinajstić information content (AvgIpc) is 3.17. The molecule has 152 valence electrons. The molecule has 6 nitrogen and oxygen atoms in total. The molecule has 0 aliphatic carbocycles. The Morgan fingerprint density at radius 2 is 1.86 bits per heavy atom. The van der Waals surface area contributed by atoms with Gasteiger partial charge < -0.3 is 19.3 Å². The van der Waals surface area contributed by atoms with Gasteiger partial charge in [0.15, 0.2) is 0 Å². The van der Waals surface area contributed by atoms with Gasteiger partial charge in [0.05, 0.1) is 6.04 Å². The molecule has 0 spiro atoms. The number of ether oxygens (including phenoxy) is 2. The molecule has 1 saturated heterocycles. The summed E-state index contributed by atoms with van der Waals surface area (Å²) in [7, 11) is 1.53. The minimum absolute atomic E-state index is 0.0293. The van der Waals surface area contributed by atoms with E-state index in [9.17, 15) is 9.59 Å². The highest BCUT2D eigenvalue weighted by Crippen LogP contribution is 2.22. The van der Waals surface area contributed by atoms with Crippen molar-refractivity contribution >= 4 is 11.8 Å². The Balaban J connectivity index is 1.51. The molecule has 0 radical (unpaired) electrons. The fourth-order valence-corrected chi connectivity index (χ4v) is 3.82. The zero-order chi connectivity index (χ0) is 19.9. The maximum Gasteiger partial charge on any atom is 0.254 e. The van der Waals surface area contributed by atoms with Gasteiger partial charge in [0, 0.05) is 45.1 Å². The molecular formula is C22H30N2O4. The molecule has 0 unspecified atom stereocenters. The number of carbonyl (C=O) groups excluding carboxylic acids is 2. The van der Waals surface area contributed by atoms with Crippen LogP contribution in [-0.4, -0.2) is 67.1 Å². The Morgan fingerprint density at radius 1 is 1.14 bits per heavy atom. The van der Waals surface area contributed by atoms with Crippen LogP contribution in [0, 0.1) is 0 Å². The molecule has 2 heterocycles. The van der Waals surface area contributed by atoms with E-state index in [1.165, 1.54) is 7.11 Å². The van der Waals surface area contributed by atoms with Gasteiger partial charge in [-0.2, -0.15) is 0 Å². The van der Waals surface area contributed by atoms with Gasteiger partial charge in [-0.1, -0.05) is 25.5 Å². The highest BCUT2D eigenvalue weighted by atomic mass is 16.5. The molecule has 6 heteroatoms. The van der Waals surface area contributed by atoms with Gasteiger partial charge in [0.2, 0.25) is 5.91 Å². The Morgan fingerprint density at radius 3 is 2.50 bits per heavy atom. The first-order valence-corrected chi connectivity index (χ1v) is 10.1. The third kappa shape index (κ3) is 4.93. The molecule has 0 bridgehead atoms. The van der Waals surface area contributed by atoms with Gasteiger partial charge >= 0.3 is 0 Å². The van der Waals surface area contributed by atoms with E-state index >= 15 is 0 Å². The van der Waals surface area contributed by atoms with E-state index in [-0.39, 0.29) is 30.6 Å². The second kappa shape index (κ2) is 9.73. The molecule has 2 aliphatic rings. The summed E-state index contributed by atoms with van der Waals surface area (Å²) in [5, 5.41) is 0. The number of amides is 2. The highest BCUT2D eigenvalue weighted by molar-refractivity contribution is 5.95. The molecule has 0 saturated carbocycles. The Hall–Kier alpha value is -2.34. The van der Waals surface area contributed by atoms with Crippen molar-refractivity contribution < 1.29 is 19.1 Å². The van der Waals surface area contributed by atoms with Crippen molar-refractivity contribution in [1.29, 1.82) is 0 Å². The van der Waals surface area contributed by atoms with E-state index in [0.29, 0.717) is 25.2 Å². The largest absolute Gasteiger partial charge is 0.490 e. The van der Waals surface area contributed by atoms with Gasteiger partial charge in [-0.3, -0.25) is 9.59 Å². The van der Waals surface area contributed by atoms with Crippen LogP contribution in [0.25, 0.3) is 0 Å². The lowest BCUT2D eigenvalue weighted by atomic mass is 10.1. The van der Waals surface area contributed by atoms with E-state index in [4.69, 9.17) is 9.47 Å². The lowest BCUT2D eigenvalue weighted by molar-refractivity contribution is -0.136. The van der Waals surface area contributed by atoms with E-state index in [0.717, 1.165) is 31.4 Å². The van der Waals surface area contributed by atoms with Gasteiger partial charge in [-0.25, -0.2) is 0 Å². The van der Waals surface area contributed by atoms with E-state index in [1.54, 1.807) is 0 Å². The number of hydrogen-bond donors (Lipinski definition) is 0. The fourth-order valence-electron chi connectivity index (χ4n) is 3.82. The second-order valence-electron chi connectivity index (χ2n) is 7.40. The van der Waals surface area contributed by atoms with Crippen LogP contribution in [0.15, 0.2) is 36.4 Å². The van der Waals surface area contributed by atoms with E-state index in [2.05, 4.69) is 19.1 Å². The number of carbonyl (C=O) groups is 2. The Labute approximate surface area is 167 Å². The van der Waals surface area contributed by atoms with Crippen molar-refractivity contribution in [3.8, 4) is 5.75 Å². The van der Waals surface area contributed by atoms with Crippen LogP contribution >= 0.6 is 0 Å². The Bertz CT molecular complexity index is 693. The number of likely N-dealkylation sites (tertiary alicyclic amines) is 1. The average molecular weight is 386 g/mol. The standard InChI is InChI=1S/C22H30N2O4/c1-3-5-18-6-4-13-24(18)22(26)17-7-9-19(10-8-17)28-20-11-14-23(15-12-20)21(25)16-27-2/h4,6-10,18,20H,3,5,11-16H2,1-2H3/t18-/m1/s1. The maximum absolute atomic E-state index is 12.8. The van der Waals surface area contributed by atoms with Gasteiger partial charge in [0.1, 0.15) is 18.5 Å². The number of methoxy groups -OCH3 is 1. The summed E-state index contributed by atoms with van der Waals surface area (Å²) in [5.74, 6) is 0.865. The fraction of sp³-hybridized carbons (Fsp3) is 0.545. The maximum atomic E-state index is 12.8. The molecule has 2 amide bonds. The lowest BCUT2D eigenvalue weighted by Crippen LogP contribution is -2.43. The molecule has 28 heavy (non-hydrogen) atoms. The normalized spacial score (nSPS) is 19.9. The minimum Gasteiger partial charge on any atom is -0.490 e. The number of piperidine rings is 1. The van der Waals surface area contributed by atoms with Crippen molar-refractivity contribution in [3.05, 3.63) is 42.0 Å². The molecule has 1 atom stereocenters. The summed E-state index contributed by atoms with van der Waals surface area (Å²) < 4.78 is 11.0. The summed E-state index contributed by atoms with van der Waals surface area (Å²) in [4.78, 5) is 28.4. The van der Waals surface area contributed by atoms with Gasteiger partial charge in [0.25, 0.3) is 5.91 Å². The second-order valence-corrected chi connectivity index (χ2v) is 7.40. The van der Waals surface area contributed by atoms with Crippen LogP contribution < -0.4 is 4.74 Å². The predicted molar refractivity (Wildman–Crippen MR) is 107 cm³/mol. The topological polar surface area (TPSA) is 59.1 Å². The number of benzene rings is 1. The SMILES string of the molecule is CCC[C@@H]1C=CCN1C(=O)c1ccc(OC2CCN(C(=O)COC)CC2)cc1. The highest BCUT2D eigenvalue weighted by Gasteiger charge is 2.26. The third-order valence-corrected chi connectivity index (χ3v) is 5.37. The molecule has 1 aromatic carbocycles. The number of rotatable bonds is 7. The van der Waals surface area contributed by atoms with E-state index in [1.807, 2.05) is 34.1 Å². The number of hydrogen-bond acceptors (Lipinski definition) is 4. The van der Waals surface area contributed by atoms with E-state index < -0.39 is 0 Å². The zero-order valence-corrected chi connectivity index (χ0v) is 16.8. The van der Waals surface area contributed by atoms with Crippen LogP contribution in [-0.2, 0) is 9.53 Å². The van der Waals surface area contributed by atoms with Gasteiger partial charge in [-0.05, 0) is 30.7 Å². The zero-order valence-electron chi connectivity index (χ0n) is 16.8. The summed E-state index contributed by atoms with van der Waals surface area (Å²) in [6.45, 7) is 4.32. The first-order valence-electron chi connectivity index (χ1n) is 10.1. The monoisotopic (exact) mass is 386 g/mol. The van der Waals surface area contributed by atoms with Crippen molar-refractivity contribution in [1.82, 2.24) is 9.80 Å². The van der Waals surface area contributed by atoms with Gasteiger partial charge in [-0.15, -0.1) is 0 Å². The van der Waals surface area contributed by atoms with Crippen LogP contribution in [0.4, 0.5) is 0 Å². The summed E-state index contributed by atoms with van der Waals surface area (Å²) in [6.07, 6.45) is 7.94. The quantitative estimate of drug-likeness (QED) is 0.676. The molecule has 0 N–H and O–H groups in total. The summed E-state index contributed by atoms with van der Waals surface area (Å²) >= 11 is 0. The molecule has 3 rings (SSSR count). The van der Waals surface area contributed by atoms with Crippen LogP contribution in [0.3, 0.4) is 0 Å².